The average Bonchev–Trinajstić information content (AvgIpc) is 3.06. The number of hydrogen-bond acceptors (Lipinski definition) is 21. The molecule has 4 aromatic carbocycles. The Labute approximate surface area is 335 Å². The first-order valence-electron chi connectivity index (χ1n) is 14.7. The normalized spacial score (nSPS) is 13.4. The number of azo groups is 2. The SMILES string of the molecule is COc1cc(S(=O)(=O)CCOS(=O)(=O)O)c(OC)cc1N=Nc1c(S(=O)(=O)O)cc2cc(S(=O)(=O)O)c(N=Nc3cc(F)c(S(=O)(=O)O)c(F)c3S(=O)(=O)O)c(N)c2c1O. The van der Waals surface area contributed by atoms with Crippen LogP contribution in [0, 0.1) is 11.6 Å². The average molecular weight is 972 g/mol. The van der Waals surface area contributed by atoms with Crippen LogP contribution >= 0.6 is 0 Å². The van der Waals surface area contributed by atoms with Crippen LogP contribution in [0.2, 0.25) is 0 Å². The number of anilines is 1. The number of halogens is 2. The lowest BCUT2D eigenvalue weighted by Gasteiger charge is -2.15. The van der Waals surface area contributed by atoms with Gasteiger partial charge in [0, 0.05) is 18.2 Å². The van der Waals surface area contributed by atoms with Crippen LogP contribution in [-0.4, -0.2) is 105 Å². The third-order valence-corrected chi connectivity index (χ3v) is 13.1. The van der Waals surface area contributed by atoms with E-state index in [2.05, 4.69) is 24.6 Å². The first-order chi connectivity index (χ1) is 27.2. The van der Waals surface area contributed by atoms with E-state index in [0.717, 1.165) is 26.4 Å². The maximum Gasteiger partial charge on any atom is 0.397 e. The Morgan fingerprint density at radius 3 is 1.60 bits per heavy atom. The molecule has 0 aliphatic heterocycles. The van der Waals surface area contributed by atoms with E-state index < -0.39 is 166 Å². The third-order valence-electron chi connectivity index (χ3n) is 7.40. The largest absolute Gasteiger partial charge is 0.505 e. The molecule has 4 aromatic rings. The molecule has 0 radical (unpaired) electrons. The van der Waals surface area contributed by atoms with Crippen LogP contribution < -0.4 is 15.2 Å². The van der Waals surface area contributed by atoms with Gasteiger partial charge in [-0.3, -0.25) is 22.8 Å². The molecule has 0 saturated heterocycles. The summed E-state index contributed by atoms with van der Waals surface area (Å²) < 4.78 is 235. The van der Waals surface area contributed by atoms with Gasteiger partial charge in [-0.05, 0) is 17.5 Å². The molecule has 0 aliphatic carbocycles. The monoisotopic (exact) mass is 971 g/mol. The Kier molecular flexibility index (Phi) is 13.0. The molecule has 0 spiro atoms. The van der Waals surface area contributed by atoms with Crippen LogP contribution in [0.4, 0.5) is 37.2 Å². The Hall–Kier alpha value is -5.14. The predicted octanol–water partition coefficient (Wildman–Crippen LogP) is 2.83. The number of ether oxygens (including phenoxy) is 2. The second-order valence-corrected chi connectivity index (χ2v) is 19.9. The van der Waals surface area contributed by atoms with Gasteiger partial charge in [-0.2, -0.15) is 42.1 Å². The van der Waals surface area contributed by atoms with Crippen molar-refractivity contribution < 1.29 is 101 Å². The summed E-state index contributed by atoms with van der Waals surface area (Å²) in [6, 6.07) is 2.14. The molecule has 0 atom stereocenters. The van der Waals surface area contributed by atoms with Crippen LogP contribution in [0.25, 0.3) is 10.8 Å². The van der Waals surface area contributed by atoms with Crippen molar-refractivity contribution in [2.45, 2.75) is 24.5 Å². The van der Waals surface area contributed by atoms with Crippen LogP contribution in [0.5, 0.6) is 17.2 Å². The molecule has 0 unspecified atom stereocenters. The summed E-state index contributed by atoms with van der Waals surface area (Å²) in [5.41, 5.74) is 0.210. The molecule has 34 heteroatoms. The zero-order chi connectivity index (χ0) is 45.7. The summed E-state index contributed by atoms with van der Waals surface area (Å²) in [5, 5.41) is 23.3. The summed E-state index contributed by atoms with van der Waals surface area (Å²) in [5.74, 6) is -8.32. The van der Waals surface area contributed by atoms with E-state index in [0.29, 0.717) is 12.1 Å². The molecular formula is C26H23F2N5O21S6. The molecule has 0 saturated carbocycles. The summed E-state index contributed by atoms with van der Waals surface area (Å²) >= 11 is 0. The summed E-state index contributed by atoms with van der Waals surface area (Å²) in [6.07, 6.45) is 0. The van der Waals surface area contributed by atoms with Gasteiger partial charge in [0.15, 0.2) is 31.2 Å². The van der Waals surface area contributed by atoms with E-state index >= 15 is 0 Å². The van der Waals surface area contributed by atoms with E-state index in [4.69, 9.17) is 24.3 Å². The summed E-state index contributed by atoms with van der Waals surface area (Å²) in [7, 11) is -30.5. The van der Waals surface area contributed by atoms with Crippen molar-refractivity contribution in [3.8, 4) is 17.2 Å². The van der Waals surface area contributed by atoms with Crippen LogP contribution in [0.15, 0.2) is 75.3 Å². The summed E-state index contributed by atoms with van der Waals surface area (Å²) in [4.78, 5) is -7.88. The van der Waals surface area contributed by atoms with Crippen LogP contribution in [0.3, 0.4) is 0 Å². The predicted molar refractivity (Wildman–Crippen MR) is 193 cm³/mol. The second kappa shape index (κ2) is 16.4. The van der Waals surface area contributed by atoms with Gasteiger partial charge in [-0.1, -0.05) is 0 Å². The zero-order valence-electron chi connectivity index (χ0n) is 29.2. The lowest BCUT2D eigenvalue weighted by molar-refractivity contribution is 0.283. The highest BCUT2D eigenvalue weighted by Crippen LogP contribution is 2.49. The fourth-order valence-corrected chi connectivity index (χ4v) is 9.35. The number of sulfone groups is 1. The Morgan fingerprint density at radius 1 is 0.617 bits per heavy atom. The van der Waals surface area contributed by atoms with Gasteiger partial charge in [0.2, 0.25) is 0 Å². The molecule has 8 N–H and O–H groups in total. The zero-order valence-corrected chi connectivity index (χ0v) is 34.1. The van der Waals surface area contributed by atoms with Crippen molar-refractivity contribution in [1.82, 2.24) is 0 Å². The lowest BCUT2D eigenvalue weighted by atomic mass is 10.1. The van der Waals surface area contributed by atoms with E-state index in [1.165, 1.54) is 0 Å². The Bertz CT molecular complexity index is 3240. The van der Waals surface area contributed by atoms with E-state index in [-0.39, 0.29) is 6.07 Å². The topological polar surface area (TPSA) is 429 Å². The van der Waals surface area contributed by atoms with E-state index in [1.807, 2.05) is 0 Å². The van der Waals surface area contributed by atoms with Gasteiger partial charge in [0.05, 0.1) is 37.7 Å². The molecule has 0 aliphatic rings. The maximum atomic E-state index is 15.0. The fraction of sp³-hybridized carbons (Fsp3) is 0.154. The Balaban J connectivity index is 2.03. The first kappa shape index (κ1) is 47.5. The van der Waals surface area contributed by atoms with Gasteiger partial charge in [0.25, 0.3) is 40.5 Å². The van der Waals surface area contributed by atoms with Gasteiger partial charge >= 0.3 is 10.4 Å². The Morgan fingerprint density at radius 2 is 1.12 bits per heavy atom. The molecule has 0 fully saturated rings. The number of benzene rings is 4. The second-order valence-electron chi connectivity index (χ2n) is 11.2. The molecular weight excluding hydrogens is 949 g/mol. The minimum absolute atomic E-state index is 0.207. The molecule has 0 bridgehead atoms. The van der Waals surface area contributed by atoms with Crippen molar-refractivity contribution in [3.05, 3.63) is 42.0 Å². The van der Waals surface area contributed by atoms with Gasteiger partial charge < -0.3 is 20.3 Å². The van der Waals surface area contributed by atoms with E-state index in [9.17, 15) is 78.1 Å². The van der Waals surface area contributed by atoms with Crippen molar-refractivity contribution >= 4 is 99.9 Å². The molecule has 60 heavy (non-hydrogen) atoms. The minimum Gasteiger partial charge on any atom is -0.505 e. The molecule has 4 rings (SSSR count). The van der Waals surface area contributed by atoms with Crippen molar-refractivity contribution in [3.63, 3.8) is 0 Å². The number of phenolic OH excluding ortho intramolecular Hbond substituents is 1. The number of nitrogens with two attached hydrogens (primary N) is 1. The molecule has 328 valence electrons. The highest BCUT2D eigenvalue weighted by atomic mass is 32.3. The van der Waals surface area contributed by atoms with Crippen LogP contribution in [0.1, 0.15) is 0 Å². The molecule has 0 heterocycles. The molecule has 0 amide bonds. The quantitative estimate of drug-likeness (QED) is 0.0511. The smallest absolute Gasteiger partial charge is 0.397 e. The number of methoxy groups -OCH3 is 2. The van der Waals surface area contributed by atoms with Crippen molar-refractivity contribution in [1.29, 1.82) is 0 Å². The number of nitrogen functional groups attached to an aromatic ring is 1. The highest BCUT2D eigenvalue weighted by molar-refractivity contribution is 7.91. The highest BCUT2D eigenvalue weighted by Gasteiger charge is 2.34. The maximum absolute atomic E-state index is 15.0. The first-order valence-corrected chi connectivity index (χ1v) is 23.5. The third kappa shape index (κ3) is 10.1. The van der Waals surface area contributed by atoms with Crippen molar-refractivity contribution in [2.24, 2.45) is 20.5 Å². The number of phenols is 1. The number of hydrogen-bond donors (Lipinski definition) is 7. The molecule has 26 nitrogen and oxygen atoms in total. The van der Waals surface area contributed by atoms with Gasteiger partial charge in [-0.25, -0.2) is 21.4 Å². The standard InChI is InChI=1S/C26H23F2N5O21S6/c1-52-14-9-16(55(35,36)4-3-54-60(49,50)51)15(53-2)8-12(14)30-33-23-18(57(40,41)42)6-10-5-17(56(37,38)39)22(21(29)19(10)24(23)34)32-31-13-7-11(27)25(58(43,44)45)20(28)26(13)59(46,47)48/h5-9,34H,3-4,29H2,1-2H3,(H,37,38,39)(H,40,41,42)(H,43,44,45)(H,46,47,48)(H,49,50,51). The number of fused-ring (bicyclic) bond motifs is 1. The lowest BCUT2D eigenvalue weighted by Crippen LogP contribution is -2.16. The number of rotatable bonds is 15. The minimum atomic E-state index is -5.93. The van der Waals surface area contributed by atoms with Crippen molar-refractivity contribution in [2.75, 3.05) is 32.3 Å². The van der Waals surface area contributed by atoms with E-state index in [1.54, 1.807) is 0 Å². The summed E-state index contributed by atoms with van der Waals surface area (Å²) in [6.45, 7) is -1.06. The van der Waals surface area contributed by atoms with Crippen LogP contribution in [-0.2, 0) is 64.9 Å². The van der Waals surface area contributed by atoms with Gasteiger partial charge in [0.1, 0.15) is 54.8 Å². The fourth-order valence-electron chi connectivity index (χ4n) is 4.97. The number of aromatic hydroxyl groups is 1. The molecule has 0 aromatic heterocycles. The number of nitrogens with zero attached hydrogens (tertiary/aromatic N) is 4. The van der Waals surface area contributed by atoms with Gasteiger partial charge in [-0.15, -0.1) is 20.5 Å².